The summed E-state index contributed by atoms with van der Waals surface area (Å²) in [5.74, 6) is 1.59. The van der Waals surface area contributed by atoms with Crippen molar-refractivity contribution in [2.24, 2.45) is 0 Å². The van der Waals surface area contributed by atoms with Crippen molar-refractivity contribution in [3.8, 4) is 17.2 Å². The zero-order valence-electron chi connectivity index (χ0n) is 20.2. The van der Waals surface area contributed by atoms with Gasteiger partial charge in [0, 0.05) is 0 Å². The number of carbonyl (C=O) groups is 2. The highest BCUT2D eigenvalue weighted by molar-refractivity contribution is 6.04. The van der Waals surface area contributed by atoms with Crippen molar-refractivity contribution < 1.29 is 23.8 Å². The fourth-order valence-corrected chi connectivity index (χ4v) is 3.90. The molecule has 0 aliphatic carbocycles. The summed E-state index contributed by atoms with van der Waals surface area (Å²) in [6, 6.07) is 19.4. The van der Waals surface area contributed by atoms with E-state index in [4.69, 9.17) is 14.2 Å². The monoisotopic (exact) mass is 472 g/mol. The summed E-state index contributed by atoms with van der Waals surface area (Å²) >= 11 is 0. The number of esters is 1. The molecule has 1 aliphatic heterocycles. The van der Waals surface area contributed by atoms with Crippen LogP contribution in [0.1, 0.15) is 35.2 Å². The van der Waals surface area contributed by atoms with Gasteiger partial charge in [0.15, 0.2) is 0 Å². The molecule has 2 N–H and O–H groups in total. The van der Waals surface area contributed by atoms with E-state index in [1.54, 1.807) is 38.3 Å². The second-order valence-corrected chi connectivity index (χ2v) is 8.21. The van der Waals surface area contributed by atoms with Crippen LogP contribution in [0.4, 0.5) is 4.79 Å². The highest BCUT2D eigenvalue weighted by atomic mass is 16.5. The van der Waals surface area contributed by atoms with Gasteiger partial charge in [0.25, 0.3) is 0 Å². The highest BCUT2D eigenvalue weighted by Gasteiger charge is 2.34. The molecule has 1 unspecified atom stereocenters. The average Bonchev–Trinajstić information content (AvgIpc) is 2.86. The van der Waals surface area contributed by atoms with E-state index < -0.39 is 18.0 Å². The van der Waals surface area contributed by atoms with Crippen molar-refractivity contribution in [3.05, 3.63) is 94.6 Å². The molecule has 0 fully saturated rings. The first-order valence-electron chi connectivity index (χ1n) is 11.4. The van der Waals surface area contributed by atoms with E-state index in [0.717, 1.165) is 22.4 Å². The molecule has 35 heavy (non-hydrogen) atoms. The Labute approximate surface area is 204 Å². The molecule has 0 radical (unpaired) electrons. The van der Waals surface area contributed by atoms with Gasteiger partial charge in [0.1, 0.15) is 17.2 Å². The number of methoxy groups -OCH3 is 1. The van der Waals surface area contributed by atoms with Gasteiger partial charge in [-0.2, -0.15) is 0 Å². The Morgan fingerprint density at radius 2 is 1.63 bits per heavy atom. The van der Waals surface area contributed by atoms with Crippen LogP contribution in [0.3, 0.4) is 0 Å². The molecule has 3 aromatic rings. The standard InChI is InChI=1S/C28H28N2O5/c1-5-34-27(31)24-25(19-8-12-21(33-4)13-9-19)29-28(32)30-26(24)20-10-14-22(15-11-20)35-23-16-17(2)6-7-18(23)3/h6-16,26H,5H2,1-4H3,(H2,29,30,32). The smallest absolute Gasteiger partial charge is 0.338 e. The molecule has 0 bridgehead atoms. The van der Waals surface area contributed by atoms with Crippen LogP contribution in [0.2, 0.25) is 0 Å². The number of aryl methyl sites for hydroxylation is 2. The lowest BCUT2D eigenvalue weighted by Gasteiger charge is -2.29. The fourth-order valence-electron chi connectivity index (χ4n) is 3.90. The third kappa shape index (κ3) is 5.30. The third-order valence-corrected chi connectivity index (χ3v) is 5.73. The number of urea groups is 1. The minimum Gasteiger partial charge on any atom is -0.497 e. The van der Waals surface area contributed by atoms with Crippen molar-refractivity contribution in [2.75, 3.05) is 13.7 Å². The summed E-state index contributed by atoms with van der Waals surface area (Å²) in [7, 11) is 1.58. The topological polar surface area (TPSA) is 85.9 Å². The van der Waals surface area contributed by atoms with E-state index in [1.807, 2.05) is 56.3 Å². The maximum atomic E-state index is 13.1. The van der Waals surface area contributed by atoms with Crippen LogP contribution in [0, 0.1) is 13.8 Å². The minimum absolute atomic E-state index is 0.210. The van der Waals surface area contributed by atoms with Crippen LogP contribution in [0.5, 0.6) is 17.2 Å². The van der Waals surface area contributed by atoms with E-state index in [-0.39, 0.29) is 6.61 Å². The first kappa shape index (κ1) is 23.9. The van der Waals surface area contributed by atoms with E-state index in [1.165, 1.54) is 0 Å². The second kappa shape index (κ2) is 10.3. The number of carbonyl (C=O) groups excluding carboxylic acids is 2. The van der Waals surface area contributed by atoms with Crippen LogP contribution in [0.25, 0.3) is 5.70 Å². The SMILES string of the molecule is CCOC(=O)C1=C(c2ccc(OC)cc2)NC(=O)NC1c1ccc(Oc2cc(C)ccc2C)cc1. The number of hydrogen-bond acceptors (Lipinski definition) is 5. The summed E-state index contributed by atoms with van der Waals surface area (Å²) in [6.45, 7) is 5.96. The second-order valence-electron chi connectivity index (χ2n) is 8.21. The molecule has 3 aromatic carbocycles. The van der Waals surface area contributed by atoms with Gasteiger partial charge in [-0.1, -0.05) is 24.3 Å². The molecule has 1 atom stereocenters. The fraction of sp³-hybridized carbons (Fsp3) is 0.214. The molecule has 180 valence electrons. The van der Waals surface area contributed by atoms with Gasteiger partial charge in [0.2, 0.25) is 0 Å². The third-order valence-electron chi connectivity index (χ3n) is 5.73. The maximum absolute atomic E-state index is 13.1. The predicted octanol–water partition coefficient (Wildman–Crippen LogP) is 5.43. The molecule has 0 saturated heterocycles. The van der Waals surface area contributed by atoms with E-state index in [0.29, 0.717) is 28.3 Å². The lowest BCUT2D eigenvalue weighted by Crippen LogP contribution is -2.45. The summed E-state index contributed by atoms with van der Waals surface area (Å²) in [4.78, 5) is 25.7. The molecule has 7 nitrogen and oxygen atoms in total. The summed E-state index contributed by atoms with van der Waals surface area (Å²) in [5.41, 5.74) is 4.25. The van der Waals surface area contributed by atoms with Crippen LogP contribution < -0.4 is 20.1 Å². The molecule has 1 aliphatic rings. The van der Waals surface area contributed by atoms with Crippen molar-refractivity contribution in [1.29, 1.82) is 0 Å². The molecule has 0 aromatic heterocycles. The van der Waals surface area contributed by atoms with Crippen molar-refractivity contribution >= 4 is 17.7 Å². The Kier molecular flexibility index (Phi) is 7.06. The van der Waals surface area contributed by atoms with E-state index in [2.05, 4.69) is 10.6 Å². The number of ether oxygens (including phenoxy) is 3. The van der Waals surface area contributed by atoms with Crippen LogP contribution in [-0.2, 0) is 9.53 Å². The van der Waals surface area contributed by atoms with E-state index in [9.17, 15) is 9.59 Å². The van der Waals surface area contributed by atoms with Gasteiger partial charge < -0.3 is 24.8 Å². The maximum Gasteiger partial charge on any atom is 0.338 e. The number of nitrogens with one attached hydrogen (secondary N) is 2. The number of benzene rings is 3. The molecule has 7 heteroatoms. The molecule has 4 rings (SSSR count). The van der Waals surface area contributed by atoms with Crippen LogP contribution in [-0.4, -0.2) is 25.7 Å². The van der Waals surface area contributed by atoms with E-state index >= 15 is 0 Å². The lowest BCUT2D eigenvalue weighted by atomic mass is 9.92. The van der Waals surface area contributed by atoms with Gasteiger partial charge >= 0.3 is 12.0 Å². The molecular weight excluding hydrogens is 444 g/mol. The average molecular weight is 473 g/mol. The summed E-state index contributed by atoms with van der Waals surface area (Å²) < 4.78 is 16.6. The largest absolute Gasteiger partial charge is 0.497 e. The Bertz CT molecular complexity index is 1260. The minimum atomic E-state index is -0.699. The predicted molar refractivity (Wildman–Crippen MR) is 133 cm³/mol. The zero-order chi connectivity index (χ0) is 24.9. The van der Waals surface area contributed by atoms with Gasteiger partial charge in [-0.25, -0.2) is 9.59 Å². The highest BCUT2D eigenvalue weighted by Crippen LogP contribution is 2.34. The number of rotatable bonds is 7. The Balaban J connectivity index is 1.71. The molecule has 1 heterocycles. The summed E-state index contributed by atoms with van der Waals surface area (Å²) in [5, 5.41) is 5.63. The first-order valence-corrected chi connectivity index (χ1v) is 11.4. The van der Waals surface area contributed by atoms with Crippen LogP contribution in [0.15, 0.2) is 72.3 Å². The Hall–Kier alpha value is -4.26. The van der Waals surface area contributed by atoms with Crippen molar-refractivity contribution in [2.45, 2.75) is 26.8 Å². The number of hydrogen-bond donors (Lipinski definition) is 2. The van der Waals surface area contributed by atoms with Crippen molar-refractivity contribution in [1.82, 2.24) is 10.6 Å². The Morgan fingerprint density at radius 1 is 0.943 bits per heavy atom. The molecular formula is C28H28N2O5. The molecule has 0 spiro atoms. The van der Waals surface area contributed by atoms with Gasteiger partial charge in [0.05, 0.1) is 31.0 Å². The summed E-state index contributed by atoms with van der Waals surface area (Å²) in [6.07, 6.45) is 0. The van der Waals surface area contributed by atoms with Crippen LogP contribution >= 0.6 is 0 Å². The first-order chi connectivity index (χ1) is 16.9. The quantitative estimate of drug-likeness (QED) is 0.448. The van der Waals surface area contributed by atoms with Gasteiger partial charge in [-0.15, -0.1) is 0 Å². The van der Waals surface area contributed by atoms with Crippen molar-refractivity contribution in [3.63, 3.8) is 0 Å². The lowest BCUT2D eigenvalue weighted by molar-refractivity contribution is -0.138. The molecule has 0 saturated carbocycles. The zero-order valence-corrected chi connectivity index (χ0v) is 20.2. The Morgan fingerprint density at radius 3 is 2.29 bits per heavy atom. The number of amides is 2. The van der Waals surface area contributed by atoms with Gasteiger partial charge in [-0.05, 0) is 85.5 Å². The molecule has 2 amide bonds. The normalized spacial score (nSPS) is 15.2. The van der Waals surface area contributed by atoms with Gasteiger partial charge in [-0.3, -0.25) is 0 Å².